The molecule has 0 aliphatic rings. The number of sulfonamides is 1. The number of hydrogen-bond acceptors (Lipinski definition) is 8. The average Bonchev–Trinajstić information content (AvgIpc) is 2.88. The number of para-hydroxylation sites is 1. The van der Waals surface area contributed by atoms with Gasteiger partial charge in [-0.3, -0.25) is 20.3 Å². The lowest BCUT2D eigenvalue weighted by atomic mass is 10.2. The van der Waals surface area contributed by atoms with Crippen LogP contribution in [0.25, 0.3) is 0 Å². The summed E-state index contributed by atoms with van der Waals surface area (Å²) in [6.07, 6.45) is 3.13. The highest BCUT2D eigenvalue weighted by atomic mass is 35.5. The molecule has 37 heavy (non-hydrogen) atoms. The number of rotatable bonds is 13. The molecule has 0 unspecified atom stereocenters. The van der Waals surface area contributed by atoms with Crippen LogP contribution >= 0.6 is 11.6 Å². The van der Waals surface area contributed by atoms with Gasteiger partial charge in [-0.15, -0.1) is 0 Å². The molecule has 3 aromatic carbocycles. The Hall–Kier alpha value is -3.83. The third kappa shape index (κ3) is 7.58. The lowest BCUT2D eigenvalue weighted by Crippen LogP contribution is -2.15. The van der Waals surface area contributed by atoms with Gasteiger partial charge in [0.05, 0.1) is 40.7 Å². The molecule has 3 aromatic rings. The van der Waals surface area contributed by atoms with Crippen molar-refractivity contribution < 1.29 is 22.8 Å². The van der Waals surface area contributed by atoms with Crippen LogP contribution in [0, 0.1) is 10.1 Å². The van der Waals surface area contributed by atoms with Crippen LogP contribution < -0.4 is 19.6 Å². The molecule has 0 heterocycles. The first kappa shape index (κ1) is 27.8. The Kier molecular flexibility index (Phi) is 9.70. The predicted molar refractivity (Wildman–Crippen MR) is 145 cm³/mol. The molecule has 0 amide bonds. The van der Waals surface area contributed by atoms with Gasteiger partial charge in [-0.1, -0.05) is 37.6 Å². The van der Waals surface area contributed by atoms with E-state index in [2.05, 4.69) is 15.2 Å². The minimum Gasteiger partial charge on any atom is -0.493 e. The smallest absolute Gasteiger partial charge is 0.270 e. The fourth-order valence-corrected chi connectivity index (χ4v) is 4.62. The van der Waals surface area contributed by atoms with Crippen molar-refractivity contribution in [1.82, 2.24) is 0 Å². The van der Waals surface area contributed by atoms with E-state index in [9.17, 15) is 18.5 Å². The van der Waals surface area contributed by atoms with Gasteiger partial charge in [0.2, 0.25) is 0 Å². The normalized spacial score (nSPS) is 11.3. The summed E-state index contributed by atoms with van der Waals surface area (Å²) in [5.74, 6) is 1.21. The zero-order chi connectivity index (χ0) is 26.8. The van der Waals surface area contributed by atoms with Crippen LogP contribution in [0.15, 0.2) is 70.7 Å². The van der Waals surface area contributed by atoms with Gasteiger partial charge in [0.25, 0.3) is 15.7 Å². The zero-order valence-corrected chi connectivity index (χ0v) is 21.9. The second-order valence-electron chi connectivity index (χ2n) is 7.79. The summed E-state index contributed by atoms with van der Waals surface area (Å²) in [6, 6.07) is 15.0. The number of hydrazone groups is 1. The van der Waals surface area contributed by atoms with Gasteiger partial charge >= 0.3 is 0 Å². The molecule has 3 rings (SSSR count). The maximum absolute atomic E-state index is 13.2. The Morgan fingerprint density at radius 3 is 2.43 bits per heavy atom. The summed E-state index contributed by atoms with van der Waals surface area (Å²) in [7, 11) is -4.27. The number of ether oxygens (including phenoxy) is 2. The number of nitrogens with one attached hydrogen (secondary N) is 2. The SMILES string of the molecule is CCCOc1ccc(/C=N/Nc2ccc([N+](=O)[O-])cc2S(=O)(=O)Nc2ccccc2Cl)c(OCCC)c1. The molecular formula is C25H27ClN4O6S. The first-order valence-corrected chi connectivity index (χ1v) is 13.4. The number of anilines is 2. The molecule has 0 fully saturated rings. The van der Waals surface area contributed by atoms with E-state index in [1.54, 1.807) is 30.3 Å². The highest BCUT2D eigenvalue weighted by Crippen LogP contribution is 2.30. The van der Waals surface area contributed by atoms with Crippen molar-refractivity contribution >= 4 is 44.9 Å². The van der Waals surface area contributed by atoms with Gasteiger partial charge in [-0.05, 0) is 43.2 Å². The first-order valence-electron chi connectivity index (χ1n) is 11.5. The molecule has 0 spiro atoms. The van der Waals surface area contributed by atoms with E-state index in [0.717, 1.165) is 18.9 Å². The summed E-state index contributed by atoms with van der Waals surface area (Å²) < 4.78 is 40.2. The van der Waals surface area contributed by atoms with Gasteiger partial charge in [0.1, 0.15) is 16.4 Å². The number of hydrogen-bond donors (Lipinski definition) is 2. The number of nitro groups is 1. The Morgan fingerprint density at radius 2 is 1.73 bits per heavy atom. The fraction of sp³-hybridized carbons (Fsp3) is 0.240. The van der Waals surface area contributed by atoms with Crippen LogP contribution in [0.1, 0.15) is 32.3 Å². The molecule has 2 N–H and O–H groups in total. The lowest BCUT2D eigenvalue weighted by Gasteiger charge is -2.13. The van der Waals surface area contributed by atoms with Crippen LogP contribution in [0.3, 0.4) is 0 Å². The van der Waals surface area contributed by atoms with E-state index in [4.69, 9.17) is 21.1 Å². The fourth-order valence-electron chi connectivity index (χ4n) is 3.12. The average molecular weight is 547 g/mol. The van der Waals surface area contributed by atoms with Crippen molar-refractivity contribution in [3.05, 3.63) is 81.4 Å². The molecule has 0 aliphatic carbocycles. The maximum Gasteiger partial charge on any atom is 0.270 e. The Labute approximate surface area is 220 Å². The molecule has 0 aliphatic heterocycles. The number of nitro benzene ring substituents is 1. The monoisotopic (exact) mass is 546 g/mol. The highest BCUT2D eigenvalue weighted by molar-refractivity contribution is 7.93. The van der Waals surface area contributed by atoms with Crippen LogP contribution in [0.2, 0.25) is 5.02 Å². The number of nitrogens with zero attached hydrogens (tertiary/aromatic N) is 2. The van der Waals surface area contributed by atoms with E-state index < -0.39 is 20.6 Å². The molecule has 0 bridgehead atoms. The van der Waals surface area contributed by atoms with Crippen molar-refractivity contribution in [2.75, 3.05) is 23.4 Å². The Bertz CT molecular complexity index is 1380. The topological polar surface area (TPSA) is 132 Å². The molecule has 0 saturated carbocycles. The molecule has 196 valence electrons. The van der Waals surface area contributed by atoms with Crippen LogP contribution in [-0.2, 0) is 10.0 Å². The van der Waals surface area contributed by atoms with Gasteiger partial charge in [-0.25, -0.2) is 8.42 Å². The van der Waals surface area contributed by atoms with Gasteiger partial charge in [-0.2, -0.15) is 5.10 Å². The largest absolute Gasteiger partial charge is 0.493 e. The molecule has 12 heteroatoms. The zero-order valence-electron chi connectivity index (χ0n) is 20.3. The van der Waals surface area contributed by atoms with Crippen molar-refractivity contribution in [1.29, 1.82) is 0 Å². The van der Waals surface area contributed by atoms with Crippen molar-refractivity contribution in [3.8, 4) is 11.5 Å². The molecule has 0 radical (unpaired) electrons. The Morgan fingerprint density at radius 1 is 1.00 bits per heavy atom. The quantitative estimate of drug-likeness (QED) is 0.151. The van der Waals surface area contributed by atoms with E-state index in [1.165, 1.54) is 30.5 Å². The second-order valence-corrected chi connectivity index (χ2v) is 9.85. The van der Waals surface area contributed by atoms with Crippen LogP contribution in [0.4, 0.5) is 17.1 Å². The summed E-state index contributed by atoms with van der Waals surface area (Å²) in [5, 5.41) is 15.7. The standard InChI is InChI=1S/C25H27ClN4O6S/c1-3-13-35-20-11-9-18(24(16-20)36-14-4-2)17-27-28-23-12-10-19(30(31)32)15-25(23)37(33,34)29-22-8-6-5-7-21(22)26/h5-12,15-17,28-29H,3-4,13-14H2,1-2H3/b27-17+. The molecule has 0 aromatic heterocycles. The summed E-state index contributed by atoms with van der Waals surface area (Å²) in [6.45, 7) is 5.06. The highest BCUT2D eigenvalue weighted by Gasteiger charge is 2.23. The van der Waals surface area contributed by atoms with E-state index in [1.807, 2.05) is 13.8 Å². The number of halogens is 1. The summed E-state index contributed by atoms with van der Waals surface area (Å²) in [4.78, 5) is 10.3. The first-order chi connectivity index (χ1) is 17.7. The second kappa shape index (κ2) is 12.9. The molecule has 0 saturated heterocycles. The van der Waals surface area contributed by atoms with Gasteiger partial charge in [0, 0.05) is 23.8 Å². The lowest BCUT2D eigenvalue weighted by molar-refractivity contribution is -0.385. The Balaban J connectivity index is 1.91. The minimum atomic E-state index is -4.27. The van der Waals surface area contributed by atoms with Crippen molar-refractivity contribution in [3.63, 3.8) is 0 Å². The number of non-ortho nitro benzene ring substituents is 1. The summed E-state index contributed by atoms with van der Waals surface area (Å²) >= 11 is 6.09. The third-order valence-electron chi connectivity index (χ3n) is 4.89. The van der Waals surface area contributed by atoms with E-state index in [-0.39, 0.29) is 21.3 Å². The van der Waals surface area contributed by atoms with Gasteiger partial charge in [0.15, 0.2) is 0 Å². The third-order valence-corrected chi connectivity index (χ3v) is 6.63. The van der Waals surface area contributed by atoms with Crippen LogP contribution in [-0.4, -0.2) is 32.8 Å². The maximum atomic E-state index is 13.2. The molecule has 0 atom stereocenters. The van der Waals surface area contributed by atoms with E-state index in [0.29, 0.717) is 30.3 Å². The van der Waals surface area contributed by atoms with Gasteiger partial charge < -0.3 is 9.47 Å². The van der Waals surface area contributed by atoms with Crippen molar-refractivity contribution in [2.24, 2.45) is 5.10 Å². The minimum absolute atomic E-state index is 0.0281. The summed E-state index contributed by atoms with van der Waals surface area (Å²) in [5.41, 5.74) is 3.07. The predicted octanol–water partition coefficient (Wildman–Crippen LogP) is 6.07. The van der Waals surface area contributed by atoms with Crippen molar-refractivity contribution in [2.45, 2.75) is 31.6 Å². The molecular weight excluding hydrogens is 520 g/mol. The number of benzene rings is 3. The van der Waals surface area contributed by atoms with Crippen LogP contribution in [0.5, 0.6) is 11.5 Å². The van der Waals surface area contributed by atoms with E-state index >= 15 is 0 Å². The molecule has 10 nitrogen and oxygen atoms in total.